The SMILES string of the molecule is N=C1/C(=C/c2ccc(Cl)cc2)C(c2ccc(F)cc2)=NN1c1ccccc1. The highest BCUT2D eigenvalue weighted by molar-refractivity contribution is 6.38. The largest absolute Gasteiger partial charge is 0.282 e. The van der Waals surface area contributed by atoms with Crippen LogP contribution in [0.1, 0.15) is 11.1 Å². The number of rotatable bonds is 3. The number of halogens is 2. The molecule has 0 atom stereocenters. The second kappa shape index (κ2) is 7.17. The van der Waals surface area contributed by atoms with Crippen LogP contribution in [0.25, 0.3) is 6.08 Å². The lowest BCUT2D eigenvalue weighted by Crippen LogP contribution is -2.20. The first-order valence-electron chi connectivity index (χ1n) is 8.38. The van der Waals surface area contributed by atoms with E-state index in [1.165, 1.54) is 12.1 Å². The normalized spacial score (nSPS) is 15.3. The van der Waals surface area contributed by atoms with Crippen molar-refractivity contribution >= 4 is 34.9 Å². The van der Waals surface area contributed by atoms with Crippen molar-refractivity contribution in [2.24, 2.45) is 5.10 Å². The van der Waals surface area contributed by atoms with Gasteiger partial charge in [-0.3, -0.25) is 5.41 Å². The molecule has 0 saturated heterocycles. The van der Waals surface area contributed by atoms with Gasteiger partial charge in [0, 0.05) is 16.2 Å². The van der Waals surface area contributed by atoms with Crippen molar-refractivity contribution in [2.75, 3.05) is 5.01 Å². The third-order valence-electron chi connectivity index (χ3n) is 4.22. The molecule has 132 valence electrons. The fraction of sp³-hybridized carbons (Fsp3) is 0. The van der Waals surface area contributed by atoms with E-state index in [0.717, 1.165) is 16.8 Å². The minimum absolute atomic E-state index is 0.260. The van der Waals surface area contributed by atoms with Gasteiger partial charge < -0.3 is 0 Å². The summed E-state index contributed by atoms with van der Waals surface area (Å²) in [6, 6.07) is 23.0. The number of hydrogen-bond donors (Lipinski definition) is 1. The van der Waals surface area contributed by atoms with E-state index in [9.17, 15) is 4.39 Å². The van der Waals surface area contributed by atoms with Crippen LogP contribution in [0, 0.1) is 11.2 Å². The quantitative estimate of drug-likeness (QED) is 0.620. The first-order valence-corrected chi connectivity index (χ1v) is 8.76. The Morgan fingerprint density at radius 1 is 0.889 bits per heavy atom. The molecular weight excluding hydrogens is 361 g/mol. The molecule has 0 spiro atoms. The summed E-state index contributed by atoms with van der Waals surface area (Å²) in [6.45, 7) is 0. The van der Waals surface area contributed by atoms with Crippen molar-refractivity contribution in [2.45, 2.75) is 0 Å². The van der Waals surface area contributed by atoms with Crippen LogP contribution in [0.3, 0.4) is 0 Å². The van der Waals surface area contributed by atoms with Crippen molar-refractivity contribution in [3.8, 4) is 0 Å². The zero-order chi connectivity index (χ0) is 18.8. The van der Waals surface area contributed by atoms with Crippen LogP contribution in [0.15, 0.2) is 89.5 Å². The van der Waals surface area contributed by atoms with Crippen molar-refractivity contribution in [3.63, 3.8) is 0 Å². The number of nitrogens with one attached hydrogen (secondary N) is 1. The highest BCUT2D eigenvalue weighted by Crippen LogP contribution is 2.28. The summed E-state index contributed by atoms with van der Waals surface area (Å²) in [5, 5.41) is 15.5. The Bertz CT molecular complexity index is 1040. The summed E-state index contributed by atoms with van der Waals surface area (Å²) in [5.74, 6) is -0.0500. The molecule has 0 aromatic heterocycles. The molecule has 1 N–H and O–H groups in total. The molecule has 0 unspecified atom stereocenters. The van der Waals surface area contributed by atoms with E-state index in [1.807, 2.05) is 48.5 Å². The van der Waals surface area contributed by atoms with Gasteiger partial charge in [0.05, 0.1) is 5.69 Å². The summed E-state index contributed by atoms with van der Waals surface area (Å²) in [5.41, 5.74) is 3.73. The van der Waals surface area contributed by atoms with Crippen LogP contribution in [-0.2, 0) is 0 Å². The molecule has 1 heterocycles. The molecule has 0 saturated carbocycles. The fourth-order valence-electron chi connectivity index (χ4n) is 2.87. The van der Waals surface area contributed by atoms with Crippen LogP contribution in [0.2, 0.25) is 5.02 Å². The number of amidine groups is 1. The standard InChI is InChI=1S/C22H15ClFN3/c23-17-10-6-15(7-11-17)14-20-21(16-8-12-18(24)13-9-16)26-27(22(20)25)19-4-2-1-3-5-19/h1-14,25H/b20-14+,25-22?. The van der Waals surface area contributed by atoms with Crippen LogP contribution in [-0.4, -0.2) is 11.5 Å². The summed E-state index contributed by atoms with van der Waals surface area (Å²) in [7, 11) is 0. The number of hydrazone groups is 1. The van der Waals surface area contributed by atoms with Gasteiger partial charge in [0.15, 0.2) is 5.84 Å². The van der Waals surface area contributed by atoms with E-state index in [0.29, 0.717) is 16.3 Å². The van der Waals surface area contributed by atoms with Gasteiger partial charge >= 0.3 is 0 Å². The van der Waals surface area contributed by atoms with E-state index in [2.05, 4.69) is 5.10 Å². The smallest absolute Gasteiger partial charge is 0.156 e. The number of para-hydroxylation sites is 1. The van der Waals surface area contributed by atoms with Crippen molar-refractivity contribution < 1.29 is 4.39 Å². The molecule has 0 radical (unpaired) electrons. The maximum Gasteiger partial charge on any atom is 0.156 e. The third kappa shape index (κ3) is 3.52. The number of nitrogens with zero attached hydrogens (tertiary/aromatic N) is 2. The van der Waals surface area contributed by atoms with Crippen LogP contribution >= 0.6 is 11.6 Å². The first kappa shape index (κ1) is 17.2. The predicted molar refractivity (Wildman–Crippen MR) is 109 cm³/mol. The lowest BCUT2D eigenvalue weighted by atomic mass is 10.00. The Morgan fingerprint density at radius 3 is 2.22 bits per heavy atom. The molecule has 3 aromatic rings. The van der Waals surface area contributed by atoms with Crippen LogP contribution in [0.4, 0.5) is 10.1 Å². The monoisotopic (exact) mass is 375 g/mol. The number of benzene rings is 3. The minimum atomic E-state index is -0.310. The van der Waals surface area contributed by atoms with E-state index in [1.54, 1.807) is 29.3 Å². The molecule has 0 fully saturated rings. The predicted octanol–water partition coefficient (Wildman–Crippen LogP) is 5.76. The Hall–Kier alpha value is -3.24. The van der Waals surface area contributed by atoms with Crippen molar-refractivity contribution in [3.05, 3.63) is 106 Å². The van der Waals surface area contributed by atoms with Gasteiger partial charge in [-0.1, -0.05) is 41.9 Å². The molecule has 1 aliphatic rings. The molecule has 0 amide bonds. The lowest BCUT2D eigenvalue weighted by molar-refractivity contribution is 0.628. The number of anilines is 1. The molecular formula is C22H15ClFN3. The van der Waals surface area contributed by atoms with Gasteiger partial charge in [0.1, 0.15) is 11.5 Å². The minimum Gasteiger partial charge on any atom is -0.282 e. The zero-order valence-corrected chi connectivity index (χ0v) is 15.0. The molecule has 0 bridgehead atoms. The maximum absolute atomic E-state index is 13.4. The second-order valence-electron chi connectivity index (χ2n) is 6.06. The van der Waals surface area contributed by atoms with Gasteiger partial charge in [0.2, 0.25) is 0 Å². The first-order chi connectivity index (χ1) is 13.1. The summed E-state index contributed by atoms with van der Waals surface area (Å²) >= 11 is 5.97. The molecule has 5 heteroatoms. The summed E-state index contributed by atoms with van der Waals surface area (Å²) in [4.78, 5) is 0. The van der Waals surface area contributed by atoms with Gasteiger partial charge in [0.25, 0.3) is 0 Å². The molecule has 0 aliphatic carbocycles. The summed E-state index contributed by atoms with van der Waals surface area (Å²) in [6.07, 6.45) is 1.89. The molecule has 4 rings (SSSR count). The average Bonchev–Trinajstić information content (AvgIpc) is 3.01. The lowest BCUT2D eigenvalue weighted by Gasteiger charge is -2.13. The van der Waals surface area contributed by atoms with Crippen LogP contribution < -0.4 is 5.01 Å². The average molecular weight is 376 g/mol. The van der Waals surface area contributed by atoms with E-state index < -0.39 is 0 Å². The van der Waals surface area contributed by atoms with Crippen molar-refractivity contribution in [1.82, 2.24) is 0 Å². The fourth-order valence-corrected chi connectivity index (χ4v) is 3.00. The molecule has 27 heavy (non-hydrogen) atoms. The van der Waals surface area contributed by atoms with E-state index in [-0.39, 0.29) is 11.7 Å². The molecule has 1 aliphatic heterocycles. The van der Waals surface area contributed by atoms with E-state index in [4.69, 9.17) is 17.0 Å². The van der Waals surface area contributed by atoms with Gasteiger partial charge in [-0.2, -0.15) is 5.10 Å². The molecule has 3 nitrogen and oxygen atoms in total. The zero-order valence-electron chi connectivity index (χ0n) is 14.2. The Labute approximate surface area is 161 Å². The maximum atomic E-state index is 13.4. The Morgan fingerprint density at radius 2 is 1.56 bits per heavy atom. The van der Waals surface area contributed by atoms with E-state index >= 15 is 0 Å². The van der Waals surface area contributed by atoms with Gasteiger partial charge in [-0.15, -0.1) is 0 Å². The highest BCUT2D eigenvalue weighted by Gasteiger charge is 2.28. The number of hydrogen-bond acceptors (Lipinski definition) is 2. The van der Waals surface area contributed by atoms with Crippen molar-refractivity contribution in [1.29, 1.82) is 5.41 Å². The summed E-state index contributed by atoms with van der Waals surface area (Å²) < 4.78 is 13.4. The Balaban J connectivity index is 1.82. The second-order valence-corrected chi connectivity index (χ2v) is 6.50. The third-order valence-corrected chi connectivity index (χ3v) is 4.47. The molecule has 3 aromatic carbocycles. The van der Waals surface area contributed by atoms with Gasteiger partial charge in [-0.25, -0.2) is 9.40 Å². The van der Waals surface area contributed by atoms with Crippen LogP contribution in [0.5, 0.6) is 0 Å². The topological polar surface area (TPSA) is 39.5 Å². The Kier molecular flexibility index (Phi) is 4.57. The highest BCUT2D eigenvalue weighted by atomic mass is 35.5. The van der Waals surface area contributed by atoms with Gasteiger partial charge in [-0.05, 0) is 60.2 Å².